The summed E-state index contributed by atoms with van der Waals surface area (Å²) >= 11 is 0. The van der Waals surface area contributed by atoms with Gasteiger partial charge in [-0.15, -0.1) is 0 Å². The molecule has 1 aromatic carbocycles. The lowest BCUT2D eigenvalue weighted by Gasteiger charge is -2.24. The van der Waals surface area contributed by atoms with E-state index < -0.39 is 60.6 Å². The highest BCUT2D eigenvalue weighted by Crippen LogP contribution is 2.18. The zero-order valence-corrected chi connectivity index (χ0v) is 22.7. The quantitative estimate of drug-likeness (QED) is 0.328. The minimum Gasteiger partial charge on any atom is -0.491 e. The van der Waals surface area contributed by atoms with E-state index in [1.165, 1.54) is 18.5 Å². The Bertz CT molecular complexity index is 1210. The fourth-order valence-electron chi connectivity index (χ4n) is 3.91. The van der Waals surface area contributed by atoms with E-state index in [2.05, 4.69) is 36.6 Å². The molecule has 40 heavy (non-hydrogen) atoms. The average Bonchev–Trinajstić information content (AvgIpc) is 2.93. The fraction of sp³-hybridized carbons (Fsp3) is 0.444. The summed E-state index contributed by atoms with van der Waals surface area (Å²) < 4.78 is 5.84. The van der Waals surface area contributed by atoms with E-state index in [0.717, 1.165) is 0 Å². The third-order valence-corrected chi connectivity index (χ3v) is 6.03. The molecule has 2 aromatic rings. The Morgan fingerprint density at radius 3 is 2.58 bits per heavy atom. The van der Waals surface area contributed by atoms with Crippen molar-refractivity contribution in [3.63, 3.8) is 0 Å². The summed E-state index contributed by atoms with van der Waals surface area (Å²) in [5, 5.41) is 13.2. The molecule has 2 heterocycles. The van der Waals surface area contributed by atoms with E-state index in [4.69, 9.17) is 4.74 Å². The number of hydrogen-bond donors (Lipinski definition) is 5. The van der Waals surface area contributed by atoms with Crippen LogP contribution in [0.2, 0.25) is 0 Å². The van der Waals surface area contributed by atoms with Gasteiger partial charge in [0.25, 0.3) is 5.91 Å². The second kappa shape index (κ2) is 14.6. The van der Waals surface area contributed by atoms with Gasteiger partial charge < -0.3 is 31.3 Å². The maximum absolute atomic E-state index is 13.2. The van der Waals surface area contributed by atoms with E-state index in [1.54, 1.807) is 45.2 Å². The van der Waals surface area contributed by atoms with Crippen LogP contribution in [0.25, 0.3) is 0 Å². The first-order valence-electron chi connectivity index (χ1n) is 13.1. The molecule has 1 aromatic heterocycles. The van der Waals surface area contributed by atoms with Gasteiger partial charge in [-0.1, -0.05) is 26.0 Å². The normalized spacial score (nSPS) is 21.1. The molecule has 0 saturated carbocycles. The standard InChI is InChI=1S/C27H35N7O6/c1-16(2)24-27(39)32-17(3)15-40-21-7-5-4-6-19(21)25(37)33-20(12-22(35)31-14-23(36)34-24)26(38)30-9-8-18-13-28-10-11-29-18/h4-7,10-11,13,16-17,20,24H,8-9,12,14-15H2,1-3H3,(H,30,38)(H,31,35)(H,32,39)(H,33,37)(H,34,36)/t17-,20-,24+/m0/s1. The van der Waals surface area contributed by atoms with Crippen molar-refractivity contribution in [2.45, 2.75) is 51.7 Å². The molecule has 0 radical (unpaired) electrons. The molecule has 13 nitrogen and oxygen atoms in total. The van der Waals surface area contributed by atoms with E-state index in [1.807, 2.05) is 0 Å². The lowest BCUT2D eigenvalue weighted by atomic mass is 10.0. The van der Waals surface area contributed by atoms with Gasteiger partial charge in [0, 0.05) is 31.6 Å². The smallest absolute Gasteiger partial charge is 0.255 e. The third kappa shape index (κ3) is 9.03. The Kier molecular flexibility index (Phi) is 10.9. The predicted molar refractivity (Wildman–Crippen MR) is 144 cm³/mol. The number of benzene rings is 1. The molecular weight excluding hydrogens is 518 g/mol. The number of nitrogens with zero attached hydrogens (tertiary/aromatic N) is 2. The van der Waals surface area contributed by atoms with Crippen LogP contribution < -0.4 is 31.3 Å². The Balaban J connectivity index is 1.81. The monoisotopic (exact) mass is 553 g/mol. The molecule has 3 rings (SSSR count). The molecule has 1 aliphatic heterocycles. The summed E-state index contributed by atoms with van der Waals surface area (Å²) in [5.74, 6) is -2.82. The summed E-state index contributed by atoms with van der Waals surface area (Å²) in [4.78, 5) is 72.5. The maximum Gasteiger partial charge on any atom is 0.255 e. The highest BCUT2D eigenvalue weighted by molar-refractivity contribution is 6.01. The zero-order valence-electron chi connectivity index (χ0n) is 22.7. The topological polar surface area (TPSA) is 181 Å². The number of amides is 5. The number of carbonyl (C=O) groups is 5. The number of fused-ring (bicyclic) bond motifs is 1. The van der Waals surface area contributed by atoms with Gasteiger partial charge in [0.15, 0.2) is 0 Å². The van der Waals surface area contributed by atoms with Crippen LogP contribution in [0.4, 0.5) is 0 Å². The summed E-state index contributed by atoms with van der Waals surface area (Å²) in [6.07, 6.45) is 4.62. The molecule has 13 heteroatoms. The van der Waals surface area contributed by atoms with Crippen LogP contribution in [0.15, 0.2) is 42.9 Å². The number of ether oxygens (including phenoxy) is 1. The average molecular weight is 554 g/mol. The second-order valence-corrected chi connectivity index (χ2v) is 9.75. The molecule has 0 fully saturated rings. The third-order valence-electron chi connectivity index (χ3n) is 6.03. The van der Waals surface area contributed by atoms with Crippen LogP contribution in [-0.2, 0) is 25.6 Å². The number of rotatable bonds is 5. The largest absolute Gasteiger partial charge is 0.491 e. The Morgan fingerprint density at radius 2 is 1.85 bits per heavy atom. The molecule has 0 bridgehead atoms. The van der Waals surface area contributed by atoms with Gasteiger partial charge in [-0.3, -0.25) is 33.9 Å². The van der Waals surface area contributed by atoms with Crippen LogP contribution in [0.1, 0.15) is 43.2 Å². The molecule has 0 unspecified atom stereocenters. The number of aromatic nitrogens is 2. The molecule has 0 aliphatic carbocycles. The van der Waals surface area contributed by atoms with Gasteiger partial charge in [-0.25, -0.2) is 0 Å². The van der Waals surface area contributed by atoms with Crippen LogP contribution >= 0.6 is 0 Å². The number of hydrogen-bond acceptors (Lipinski definition) is 8. The van der Waals surface area contributed by atoms with Gasteiger partial charge in [0.05, 0.1) is 30.3 Å². The van der Waals surface area contributed by atoms with Gasteiger partial charge in [0.2, 0.25) is 23.6 Å². The number of nitrogens with one attached hydrogen (secondary N) is 5. The SMILES string of the molecule is CC(C)[C@H]1NC(=O)CNC(=O)C[C@@H](C(=O)NCCc2cnccn2)NC(=O)c2ccccc2OC[C@H](C)NC1=O. The first kappa shape index (κ1) is 30.0. The van der Waals surface area contributed by atoms with Gasteiger partial charge in [0.1, 0.15) is 24.4 Å². The van der Waals surface area contributed by atoms with Crippen molar-refractivity contribution in [2.75, 3.05) is 19.7 Å². The predicted octanol–water partition coefficient (Wildman–Crippen LogP) is -0.522. The minimum atomic E-state index is -1.24. The molecule has 214 valence electrons. The molecule has 5 N–H and O–H groups in total. The van der Waals surface area contributed by atoms with Crippen molar-refractivity contribution < 1.29 is 28.7 Å². The summed E-state index contributed by atoms with van der Waals surface area (Å²) in [6, 6.07) is 3.91. The maximum atomic E-state index is 13.2. The van der Waals surface area contributed by atoms with Crippen molar-refractivity contribution in [1.29, 1.82) is 0 Å². The first-order valence-corrected chi connectivity index (χ1v) is 13.1. The van der Waals surface area contributed by atoms with Crippen molar-refractivity contribution in [1.82, 2.24) is 36.6 Å². The molecule has 3 atom stereocenters. The van der Waals surface area contributed by atoms with Crippen molar-refractivity contribution in [2.24, 2.45) is 5.92 Å². The first-order chi connectivity index (χ1) is 19.1. The van der Waals surface area contributed by atoms with Gasteiger partial charge in [-0.05, 0) is 25.0 Å². The Labute approximate surface area is 232 Å². The van der Waals surface area contributed by atoms with Gasteiger partial charge in [-0.2, -0.15) is 0 Å². The Morgan fingerprint density at radius 1 is 1.07 bits per heavy atom. The summed E-state index contributed by atoms with van der Waals surface area (Å²) in [7, 11) is 0. The lowest BCUT2D eigenvalue weighted by Crippen LogP contribution is -2.54. The van der Waals surface area contributed by atoms with Crippen LogP contribution in [0.3, 0.4) is 0 Å². The van der Waals surface area contributed by atoms with Crippen LogP contribution in [0.5, 0.6) is 5.75 Å². The van der Waals surface area contributed by atoms with E-state index >= 15 is 0 Å². The molecule has 0 saturated heterocycles. The van der Waals surface area contributed by atoms with E-state index in [-0.39, 0.29) is 30.4 Å². The molecule has 5 amide bonds. The fourth-order valence-corrected chi connectivity index (χ4v) is 3.91. The van der Waals surface area contributed by atoms with Crippen LogP contribution in [-0.4, -0.2) is 77.3 Å². The minimum absolute atomic E-state index is 0.0428. The highest BCUT2D eigenvalue weighted by Gasteiger charge is 2.28. The summed E-state index contributed by atoms with van der Waals surface area (Å²) in [5.41, 5.74) is 0.817. The molecule has 1 aliphatic rings. The van der Waals surface area contributed by atoms with Gasteiger partial charge >= 0.3 is 0 Å². The molecular formula is C27H35N7O6. The van der Waals surface area contributed by atoms with Crippen molar-refractivity contribution >= 4 is 29.5 Å². The summed E-state index contributed by atoms with van der Waals surface area (Å²) in [6.45, 7) is 5.13. The number of carbonyl (C=O) groups excluding carboxylic acids is 5. The van der Waals surface area contributed by atoms with Crippen molar-refractivity contribution in [3.8, 4) is 5.75 Å². The van der Waals surface area contributed by atoms with E-state index in [9.17, 15) is 24.0 Å². The second-order valence-electron chi connectivity index (χ2n) is 9.75. The zero-order chi connectivity index (χ0) is 29.1. The van der Waals surface area contributed by atoms with Crippen molar-refractivity contribution in [3.05, 3.63) is 54.1 Å². The van der Waals surface area contributed by atoms with E-state index in [0.29, 0.717) is 12.1 Å². The molecule has 0 spiro atoms. The number of para-hydroxylation sites is 1. The highest BCUT2D eigenvalue weighted by atomic mass is 16.5. The Hall–Kier alpha value is -4.55. The van der Waals surface area contributed by atoms with Crippen LogP contribution in [0, 0.1) is 5.92 Å². The lowest BCUT2D eigenvalue weighted by molar-refractivity contribution is -0.131.